The summed E-state index contributed by atoms with van der Waals surface area (Å²) in [4.78, 5) is 4.18. The van der Waals surface area contributed by atoms with Crippen LogP contribution in [0.4, 0.5) is 5.69 Å². The van der Waals surface area contributed by atoms with Crippen molar-refractivity contribution in [3.05, 3.63) is 34.9 Å². The molecule has 1 heterocycles. The van der Waals surface area contributed by atoms with Gasteiger partial charge in [-0.2, -0.15) is 0 Å². The second-order valence-electron chi connectivity index (χ2n) is 2.61. The molecule has 0 unspecified atom stereocenters. The molecule has 0 amide bonds. The van der Waals surface area contributed by atoms with Crippen molar-refractivity contribution in [2.24, 2.45) is 0 Å². The third-order valence-corrected chi connectivity index (χ3v) is 2.16. The SMILES string of the molecule is Nc1cnc2ccc(Br)cc2c1. The fourth-order valence-electron chi connectivity index (χ4n) is 1.12. The number of halogens is 1. The number of fused-ring (bicyclic) bond motifs is 1. The van der Waals surface area contributed by atoms with Crippen LogP contribution in [0.5, 0.6) is 0 Å². The maximum absolute atomic E-state index is 5.60. The first kappa shape index (κ1) is 7.55. The minimum absolute atomic E-state index is 0.695. The highest BCUT2D eigenvalue weighted by atomic mass is 79.9. The Balaban J connectivity index is 2.80. The number of rotatable bonds is 0. The first-order chi connectivity index (χ1) is 5.75. The predicted octanol–water partition coefficient (Wildman–Crippen LogP) is 2.58. The summed E-state index contributed by atoms with van der Waals surface area (Å²) in [6.45, 7) is 0. The molecule has 2 aromatic rings. The number of aromatic nitrogens is 1. The fourth-order valence-corrected chi connectivity index (χ4v) is 1.50. The van der Waals surface area contributed by atoms with Crippen LogP contribution in [-0.4, -0.2) is 4.98 Å². The summed E-state index contributed by atoms with van der Waals surface area (Å²) in [6, 6.07) is 7.83. The van der Waals surface area contributed by atoms with Crippen molar-refractivity contribution in [1.82, 2.24) is 4.98 Å². The summed E-state index contributed by atoms with van der Waals surface area (Å²) in [5, 5.41) is 1.06. The van der Waals surface area contributed by atoms with Gasteiger partial charge in [0.1, 0.15) is 0 Å². The van der Waals surface area contributed by atoms with E-state index < -0.39 is 0 Å². The molecular formula is C9H7BrN2. The largest absolute Gasteiger partial charge is 0.397 e. The Bertz CT molecular complexity index is 389. The lowest BCUT2D eigenvalue weighted by Crippen LogP contribution is -1.86. The Morgan fingerprint density at radius 2 is 2.08 bits per heavy atom. The van der Waals surface area contributed by atoms with Gasteiger partial charge in [-0.1, -0.05) is 15.9 Å². The van der Waals surface area contributed by atoms with E-state index in [9.17, 15) is 0 Å². The predicted molar refractivity (Wildman–Crippen MR) is 53.9 cm³/mol. The molecule has 0 aliphatic heterocycles. The van der Waals surface area contributed by atoms with Gasteiger partial charge in [0, 0.05) is 9.86 Å². The molecule has 3 heteroatoms. The van der Waals surface area contributed by atoms with Gasteiger partial charge in [0.2, 0.25) is 0 Å². The number of hydrogen-bond donors (Lipinski definition) is 1. The molecule has 12 heavy (non-hydrogen) atoms. The van der Waals surface area contributed by atoms with E-state index in [2.05, 4.69) is 20.9 Å². The second-order valence-corrected chi connectivity index (χ2v) is 3.52. The molecule has 2 rings (SSSR count). The van der Waals surface area contributed by atoms with E-state index in [1.807, 2.05) is 24.3 Å². The number of nitrogen functional groups attached to an aromatic ring is 1. The van der Waals surface area contributed by atoms with Crippen LogP contribution in [-0.2, 0) is 0 Å². The van der Waals surface area contributed by atoms with Crippen LogP contribution in [0.2, 0.25) is 0 Å². The average molecular weight is 223 g/mol. The molecule has 0 saturated carbocycles. The Kier molecular flexibility index (Phi) is 1.73. The summed E-state index contributed by atoms with van der Waals surface area (Å²) in [7, 11) is 0. The van der Waals surface area contributed by atoms with Gasteiger partial charge < -0.3 is 5.73 Å². The van der Waals surface area contributed by atoms with Crippen LogP contribution in [0.1, 0.15) is 0 Å². The van der Waals surface area contributed by atoms with Gasteiger partial charge in [0.15, 0.2) is 0 Å². The maximum atomic E-state index is 5.60. The second kappa shape index (κ2) is 2.75. The minimum Gasteiger partial charge on any atom is -0.397 e. The van der Waals surface area contributed by atoms with E-state index in [0.717, 1.165) is 15.4 Å². The molecule has 60 valence electrons. The van der Waals surface area contributed by atoms with E-state index in [-0.39, 0.29) is 0 Å². The zero-order valence-electron chi connectivity index (χ0n) is 6.29. The van der Waals surface area contributed by atoms with Gasteiger partial charge >= 0.3 is 0 Å². The molecule has 0 radical (unpaired) electrons. The van der Waals surface area contributed by atoms with E-state index >= 15 is 0 Å². The number of anilines is 1. The lowest BCUT2D eigenvalue weighted by molar-refractivity contribution is 1.41. The molecule has 0 aliphatic carbocycles. The number of pyridine rings is 1. The van der Waals surface area contributed by atoms with E-state index in [4.69, 9.17) is 5.73 Å². The molecule has 1 aromatic heterocycles. The van der Waals surface area contributed by atoms with Gasteiger partial charge in [-0.3, -0.25) is 4.98 Å². The zero-order chi connectivity index (χ0) is 8.55. The van der Waals surface area contributed by atoms with Crippen LogP contribution in [0.25, 0.3) is 10.9 Å². The minimum atomic E-state index is 0.695. The first-order valence-electron chi connectivity index (χ1n) is 3.56. The molecule has 0 bridgehead atoms. The van der Waals surface area contributed by atoms with E-state index in [1.165, 1.54) is 0 Å². The topological polar surface area (TPSA) is 38.9 Å². The highest BCUT2D eigenvalue weighted by molar-refractivity contribution is 9.10. The zero-order valence-corrected chi connectivity index (χ0v) is 7.88. The van der Waals surface area contributed by atoms with Crippen molar-refractivity contribution in [3.63, 3.8) is 0 Å². The Morgan fingerprint density at radius 1 is 1.25 bits per heavy atom. The van der Waals surface area contributed by atoms with Crippen molar-refractivity contribution >= 4 is 32.5 Å². The van der Waals surface area contributed by atoms with Crippen LogP contribution >= 0.6 is 15.9 Å². The monoisotopic (exact) mass is 222 g/mol. The van der Waals surface area contributed by atoms with Gasteiger partial charge in [0.05, 0.1) is 17.4 Å². The molecule has 0 aliphatic rings. The number of nitrogens with zero attached hydrogens (tertiary/aromatic N) is 1. The smallest absolute Gasteiger partial charge is 0.0704 e. The molecular weight excluding hydrogens is 216 g/mol. The van der Waals surface area contributed by atoms with Crippen LogP contribution in [0.3, 0.4) is 0 Å². The maximum Gasteiger partial charge on any atom is 0.0704 e. The van der Waals surface area contributed by atoms with Gasteiger partial charge in [-0.15, -0.1) is 0 Å². The van der Waals surface area contributed by atoms with Crippen molar-refractivity contribution in [1.29, 1.82) is 0 Å². The summed E-state index contributed by atoms with van der Waals surface area (Å²) < 4.78 is 1.04. The average Bonchev–Trinajstić information content (AvgIpc) is 2.03. The molecule has 2 N–H and O–H groups in total. The quantitative estimate of drug-likeness (QED) is 0.745. The van der Waals surface area contributed by atoms with Crippen LogP contribution < -0.4 is 5.73 Å². The highest BCUT2D eigenvalue weighted by Gasteiger charge is 1.95. The van der Waals surface area contributed by atoms with Crippen LogP contribution in [0, 0.1) is 0 Å². The van der Waals surface area contributed by atoms with Gasteiger partial charge in [0.25, 0.3) is 0 Å². The fraction of sp³-hybridized carbons (Fsp3) is 0. The van der Waals surface area contributed by atoms with Crippen molar-refractivity contribution < 1.29 is 0 Å². The van der Waals surface area contributed by atoms with E-state index in [1.54, 1.807) is 6.20 Å². The Morgan fingerprint density at radius 3 is 2.92 bits per heavy atom. The Labute approximate surface area is 78.5 Å². The normalized spacial score (nSPS) is 10.4. The van der Waals surface area contributed by atoms with Gasteiger partial charge in [-0.25, -0.2) is 0 Å². The third-order valence-electron chi connectivity index (χ3n) is 1.66. The summed E-state index contributed by atoms with van der Waals surface area (Å²) in [5.74, 6) is 0. The number of nitrogens with two attached hydrogens (primary N) is 1. The molecule has 2 nitrogen and oxygen atoms in total. The third kappa shape index (κ3) is 1.28. The molecule has 0 atom stereocenters. The molecule has 0 fully saturated rings. The Hall–Kier alpha value is -1.09. The van der Waals surface area contributed by atoms with Crippen molar-refractivity contribution in [3.8, 4) is 0 Å². The summed E-state index contributed by atoms with van der Waals surface area (Å²) in [5.41, 5.74) is 7.26. The number of hydrogen-bond acceptors (Lipinski definition) is 2. The lowest BCUT2D eigenvalue weighted by atomic mass is 10.2. The van der Waals surface area contributed by atoms with Gasteiger partial charge in [-0.05, 0) is 24.3 Å². The standard InChI is InChI=1S/C9H7BrN2/c10-7-1-2-9-6(3-7)4-8(11)5-12-9/h1-5H,11H2. The molecule has 1 aromatic carbocycles. The summed E-state index contributed by atoms with van der Waals surface area (Å²) in [6.07, 6.45) is 1.66. The molecule has 0 spiro atoms. The van der Waals surface area contributed by atoms with E-state index in [0.29, 0.717) is 5.69 Å². The van der Waals surface area contributed by atoms with Crippen molar-refractivity contribution in [2.45, 2.75) is 0 Å². The highest BCUT2D eigenvalue weighted by Crippen LogP contribution is 2.19. The van der Waals surface area contributed by atoms with Crippen LogP contribution in [0.15, 0.2) is 34.9 Å². The first-order valence-corrected chi connectivity index (χ1v) is 4.36. The van der Waals surface area contributed by atoms with Crippen molar-refractivity contribution in [2.75, 3.05) is 5.73 Å². The lowest BCUT2D eigenvalue weighted by Gasteiger charge is -1.98. The molecule has 0 saturated heterocycles. The number of benzene rings is 1. The summed E-state index contributed by atoms with van der Waals surface area (Å²) >= 11 is 3.39.